The first-order chi connectivity index (χ1) is 19.5. The fraction of sp³-hybridized carbons (Fsp3) is 0.452. The summed E-state index contributed by atoms with van der Waals surface area (Å²) in [6, 6.07) is 9.68. The zero-order valence-electron chi connectivity index (χ0n) is 24.1. The molecule has 3 aromatic rings. The molecule has 5 heterocycles. The van der Waals surface area contributed by atoms with Gasteiger partial charge in [-0.3, -0.25) is 9.69 Å². The lowest BCUT2D eigenvalue weighted by molar-refractivity contribution is 0.0571. The molecule has 3 aliphatic heterocycles. The number of methoxy groups -OCH3 is 2. The van der Waals surface area contributed by atoms with Gasteiger partial charge in [-0.25, -0.2) is 9.78 Å². The van der Waals surface area contributed by atoms with Crippen LogP contribution in [-0.2, 0) is 13.0 Å². The monoisotopic (exact) mass is 545 g/mol. The first kappa shape index (κ1) is 27.6. The van der Waals surface area contributed by atoms with E-state index in [1.54, 1.807) is 20.4 Å². The van der Waals surface area contributed by atoms with Crippen molar-refractivity contribution < 1.29 is 19.1 Å². The maximum atomic E-state index is 13.8. The Hall–Kier alpha value is -4.01. The second-order valence-corrected chi connectivity index (χ2v) is 10.1. The fourth-order valence-electron chi connectivity index (χ4n) is 6.44. The van der Waals surface area contributed by atoms with Crippen molar-refractivity contribution in [2.75, 3.05) is 33.9 Å². The molecule has 9 heteroatoms. The van der Waals surface area contributed by atoms with Gasteiger partial charge in [0, 0.05) is 43.8 Å². The van der Waals surface area contributed by atoms with E-state index in [1.165, 1.54) is 0 Å². The van der Waals surface area contributed by atoms with Crippen LogP contribution >= 0.6 is 0 Å². The molecule has 0 N–H and O–H groups in total. The molecule has 1 aromatic carbocycles. The van der Waals surface area contributed by atoms with Gasteiger partial charge in [0.05, 0.1) is 26.3 Å². The van der Waals surface area contributed by atoms with Gasteiger partial charge >= 0.3 is 6.03 Å². The summed E-state index contributed by atoms with van der Waals surface area (Å²) in [5.41, 5.74) is 4.03. The number of aromatic nitrogens is 2. The van der Waals surface area contributed by atoms with Gasteiger partial charge in [-0.2, -0.15) is 0 Å². The molecule has 2 saturated heterocycles. The summed E-state index contributed by atoms with van der Waals surface area (Å²) in [5.74, 6) is 1.45. The fourth-order valence-corrected chi connectivity index (χ4v) is 6.44. The minimum Gasteiger partial charge on any atom is -0.497 e. The van der Waals surface area contributed by atoms with Gasteiger partial charge in [-0.05, 0) is 61.9 Å². The van der Waals surface area contributed by atoms with Gasteiger partial charge in [0.15, 0.2) is 0 Å². The molecule has 2 fully saturated rings. The molecule has 0 bridgehead atoms. The van der Waals surface area contributed by atoms with Gasteiger partial charge < -0.3 is 23.7 Å². The van der Waals surface area contributed by atoms with Crippen LogP contribution in [0, 0.1) is 0 Å². The Morgan fingerprint density at radius 3 is 2.55 bits per heavy atom. The number of carbonyl (C=O) groups is 2. The molecule has 0 atom stereocenters. The number of hydrogen-bond donors (Lipinski definition) is 0. The summed E-state index contributed by atoms with van der Waals surface area (Å²) >= 11 is 0. The van der Waals surface area contributed by atoms with E-state index < -0.39 is 5.54 Å². The number of ether oxygens (including phenoxy) is 2. The van der Waals surface area contributed by atoms with Crippen LogP contribution in [0.3, 0.4) is 0 Å². The largest absolute Gasteiger partial charge is 0.497 e. The summed E-state index contributed by atoms with van der Waals surface area (Å²) in [5, 5.41) is 0. The summed E-state index contributed by atoms with van der Waals surface area (Å²) in [4.78, 5) is 37.5. The third-order valence-electron chi connectivity index (χ3n) is 8.31. The number of imidazole rings is 1. The minimum atomic E-state index is -0.415. The van der Waals surface area contributed by atoms with Crippen LogP contribution in [0.2, 0.25) is 0 Å². The summed E-state index contributed by atoms with van der Waals surface area (Å²) in [6.45, 7) is 8.26. The highest BCUT2D eigenvalue weighted by Crippen LogP contribution is 2.46. The quantitative estimate of drug-likeness (QED) is 0.454. The Labute approximate surface area is 236 Å². The Kier molecular flexibility index (Phi) is 7.74. The average Bonchev–Trinajstić information content (AvgIpc) is 3.50. The van der Waals surface area contributed by atoms with Gasteiger partial charge in [0.1, 0.15) is 22.8 Å². The average molecular weight is 546 g/mol. The highest BCUT2D eigenvalue weighted by atomic mass is 16.5. The molecule has 0 saturated carbocycles. The van der Waals surface area contributed by atoms with Crippen molar-refractivity contribution in [3.63, 3.8) is 0 Å². The van der Waals surface area contributed by atoms with Crippen molar-refractivity contribution in [3.05, 3.63) is 71.3 Å². The van der Waals surface area contributed by atoms with Crippen molar-refractivity contribution in [1.29, 1.82) is 0 Å². The van der Waals surface area contributed by atoms with Gasteiger partial charge in [0.25, 0.3) is 5.91 Å². The zero-order valence-corrected chi connectivity index (χ0v) is 24.1. The predicted molar refractivity (Wildman–Crippen MR) is 154 cm³/mol. The van der Waals surface area contributed by atoms with E-state index in [0.717, 1.165) is 46.8 Å². The standard InChI is InChI=1S/C29H33N5O4.C2H6/c1-4-34-28(36)33-18-20-16-21(37-2)17-24(38-3)22(20)8-7-9-25(33)29(34)11-14-31(15-12-29)27(35)23-19-32-13-6-5-10-26(32)30-23;1-2/h5-6,9-10,13,16-17,19H,4,7-8,11-12,14-15,18H2,1-3H3;1-2H3/b25-9-;. The highest BCUT2D eigenvalue weighted by Gasteiger charge is 2.54. The molecule has 6 rings (SSSR count). The second kappa shape index (κ2) is 11.2. The Bertz CT molecular complexity index is 1400. The lowest BCUT2D eigenvalue weighted by Gasteiger charge is -2.44. The lowest BCUT2D eigenvalue weighted by atomic mass is 9.82. The van der Waals surface area contributed by atoms with Crippen molar-refractivity contribution in [3.8, 4) is 11.5 Å². The smallest absolute Gasteiger partial charge is 0.325 e. The Balaban J connectivity index is 0.00000158. The van der Waals surface area contributed by atoms with E-state index in [9.17, 15) is 9.59 Å². The number of fused-ring (bicyclic) bond motifs is 4. The summed E-state index contributed by atoms with van der Waals surface area (Å²) in [6.07, 6.45) is 8.95. The predicted octanol–water partition coefficient (Wildman–Crippen LogP) is 5.14. The van der Waals surface area contributed by atoms with Crippen molar-refractivity contribution in [2.45, 2.75) is 58.5 Å². The van der Waals surface area contributed by atoms with Crippen LogP contribution in [0.15, 0.2) is 54.5 Å². The van der Waals surface area contributed by atoms with Crippen LogP contribution < -0.4 is 9.47 Å². The molecule has 212 valence electrons. The maximum absolute atomic E-state index is 13.8. The van der Waals surface area contributed by atoms with E-state index in [-0.39, 0.29) is 11.9 Å². The number of hydrogen-bond acceptors (Lipinski definition) is 5. The van der Waals surface area contributed by atoms with E-state index >= 15 is 0 Å². The lowest BCUT2D eigenvalue weighted by Crippen LogP contribution is -2.54. The number of benzene rings is 1. The third kappa shape index (κ3) is 4.47. The molecule has 0 radical (unpaired) electrons. The van der Waals surface area contributed by atoms with E-state index in [2.05, 4.69) is 11.1 Å². The molecule has 40 heavy (non-hydrogen) atoms. The number of likely N-dealkylation sites (N-methyl/N-ethyl adjacent to an activating group) is 1. The summed E-state index contributed by atoms with van der Waals surface area (Å²) < 4.78 is 13.1. The van der Waals surface area contributed by atoms with E-state index in [0.29, 0.717) is 44.7 Å². The normalized spacial score (nSPS) is 19.2. The van der Waals surface area contributed by atoms with Crippen LogP contribution in [0.25, 0.3) is 5.65 Å². The number of allylic oxidation sites excluding steroid dienone is 1. The molecule has 0 aliphatic carbocycles. The SMILES string of the molecule is CC.CCN1C(=O)N2Cc3cc(OC)cc(OC)c3CC/C=C\2C12CCN(C(=O)c1cn3ccccc3n1)CC2. The van der Waals surface area contributed by atoms with Crippen LogP contribution in [0.5, 0.6) is 11.5 Å². The molecule has 3 amide bonds. The molecular weight excluding hydrogens is 506 g/mol. The van der Waals surface area contributed by atoms with Gasteiger partial charge in [0.2, 0.25) is 0 Å². The number of rotatable bonds is 4. The molecule has 9 nitrogen and oxygen atoms in total. The Morgan fingerprint density at radius 1 is 1.10 bits per heavy atom. The Morgan fingerprint density at radius 2 is 1.88 bits per heavy atom. The first-order valence-corrected chi connectivity index (χ1v) is 14.3. The second-order valence-electron chi connectivity index (χ2n) is 10.1. The van der Waals surface area contributed by atoms with Crippen LogP contribution in [0.4, 0.5) is 4.79 Å². The van der Waals surface area contributed by atoms with Gasteiger partial charge in [-0.1, -0.05) is 26.0 Å². The number of amides is 3. The van der Waals surface area contributed by atoms with Crippen molar-refractivity contribution in [2.24, 2.45) is 0 Å². The van der Waals surface area contributed by atoms with E-state index in [4.69, 9.17) is 9.47 Å². The molecule has 0 unspecified atom stereocenters. The number of likely N-dealkylation sites (tertiary alicyclic amines) is 1. The molecule has 1 spiro atoms. The molecular formula is C31H39N5O4. The summed E-state index contributed by atoms with van der Waals surface area (Å²) in [7, 11) is 3.32. The zero-order chi connectivity index (χ0) is 28.4. The van der Waals surface area contributed by atoms with E-state index in [1.807, 2.05) is 76.4 Å². The number of urea groups is 1. The minimum absolute atomic E-state index is 0.0218. The topological polar surface area (TPSA) is 79.6 Å². The molecule has 2 aromatic heterocycles. The van der Waals surface area contributed by atoms with Gasteiger partial charge in [-0.15, -0.1) is 0 Å². The maximum Gasteiger partial charge on any atom is 0.325 e. The number of piperidine rings is 1. The van der Waals surface area contributed by atoms with Crippen LogP contribution in [0.1, 0.15) is 61.6 Å². The molecule has 3 aliphatic rings. The van der Waals surface area contributed by atoms with Crippen molar-refractivity contribution >= 4 is 17.6 Å². The van der Waals surface area contributed by atoms with Crippen LogP contribution in [-0.4, -0.2) is 75.4 Å². The number of pyridine rings is 1. The third-order valence-corrected chi connectivity index (χ3v) is 8.31. The number of nitrogens with zero attached hydrogens (tertiary/aromatic N) is 5. The first-order valence-electron chi connectivity index (χ1n) is 14.3. The highest BCUT2D eigenvalue weighted by molar-refractivity contribution is 5.93. The number of carbonyl (C=O) groups excluding carboxylic acids is 2. The van der Waals surface area contributed by atoms with Crippen molar-refractivity contribution in [1.82, 2.24) is 24.1 Å².